The van der Waals surface area contributed by atoms with E-state index in [1.807, 2.05) is 0 Å². The summed E-state index contributed by atoms with van der Waals surface area (Å²) in [5.41, 5.74) is 3.87. The van der Waals surface area contributed by atoms with Gasteiger partial charge < -0.3 is 14.5 Å². The quantitative estimate of drug-likeness (QED) is 0.735. The first kappa shape index (κ1) is 19.1. The number of hydrogen-bond donors (Lipinski definition) is 1. The van der Waals surface area contributed by atoms with Gasteiger partial charge in [-0.05, 0) is 83.9 Å². The second kappa shape index (κ2) is 6.58. The Morgan fingerprint density at radius 3 is 2.41 bits per heavy atom. The van der Waals surface area contributed by atoms with E-state index < -0.39 is 0 Å². The maximum absolute atomic E-state index is 12.7. The summed E-state index contributed by atoms with van der Waals surface area (Å²) in [6.45, 7) is 10.5. The van der Waals surface area contributed by atoms with Gasteiger partial charge in [0.15, 0.2) is 0 Å². The molecule has 5 heteroatoms. The molecule has 1 saturated heterocycles. The van der Waals surface area contributed by atoms with Gasteiger partial charge in [0.25, 0.3) is 0 Å². The van der Waals surface area contributed by atoms with Crippen LogP contribution in [-0.2, 0) is 19.4 Å². The molecule has 1 fully saturated rings. The zero-order chi connectivity index (χ0) is 20.4. The molecule has 0 saturated carbocycles. The van der Waals surface area contributed by atoms with Crippen LogP contribution in [0.15, 0.2) is 21.3 Å². The maximum atomic E-state index is 12.7. The molecule has 3 aliphatic rings. The first-order valence-corrected chi connectivity index (χ1v) is 11.0. The van der Waals surface area contributed by atoms with E-state index in [0.29, 0.717) is 12.8 Å². The molecule has 156 valence electrons. The van der Waals surface area contributed by atoms with Crippen LogP contribution in [0, 0.1) is 0 Å². The number of benzene rings is 1. The predicted molar refractivity (Wildman–Crippen MR) is 114 cm³/mol. The molecule has 29 heavy (non-hydrogen) atoms. The molecular formula is C24H32N2O3. The standard InChI is InChI=1S/C24H32N2O3/c1-23(2)11-15(12-24(3,4)25-23)26-13-19-20(28-14-26)10-9-17-16-7-5-6-8-18(16)22(27)29-21(17)19/h9-10,15,25H,5-8,11-14H2,1-4H3. The largest absolute Gasteiger partial charge is 0.478 e. The van der Waals surface area contributed by atoms with Crippen molar-refractivity contribution in [3.63, 3.8) is 0 Å². The third kappa shape index (κ3) is 3.38. The minimum absolute atomic E-state index is 0.0804. The smallest absolute Gasteiger partial charge is 0.339 e. The molecule has 1 aliphatic carbocycles. The molecule has 0 unspecified atom stereocenters. The average molecular weight is 397 g/mol. The van der Waals surface area contributed by atoms with E-state index in [-0.39, 0.29) is 16.7 Å². The van der Waals surface area contributed by atoms with Gasteiger partial charge in [-0.1, -0.05) is 0 Å². The summed E-state index contributed by atoms with van der Waals surface area (Å²) in [5.74, 6) is 0.861. The number of hydrogen-bond acceptors (Lipinski definition) is 5. The molecule has 0 atom stereocenters. The molecule has 5 rings (SSSR count). The van der Waals surface area contributed by atoms with Crippen molar-refractivity contribution >= 4 is 11.0 Å². The molecule has 1 aromatic heterocycles. The van der Waals surface area contributed by atoms with Crippen LogP contribution in [0.25, 0.3) is 11.0 Å². The van der Waals surface area contributed by atoms with Crippen molar-refractivity contribution in [3.05, 3.63) is 39.2 Å². The maximum Gasteiger partial charge on any atom is 0.339 e. The van der Waals surface area contributed by atoms with Crippen LogP contribution >= 0.6 is 0 Å². The number of piperidine rings is 1. The second-order valence-electron chi connectivity index (χ2n) is 10.4. The predicted octanol–water partition coefficient (Wildman–Crippen LogP) is 4.13. The SMILES string of the molecule is CC1(C)CC(N2COc3ccc4c5c(c(=O)oc4c3C2)CCCC5)CC(C)(C)N1. The van der Waals surface area contributed by atoms with Crippen molar-refractivity contribution in [3.8, 4) is 5.75 Å². The summed E-state index contributed by atoms with van der Waals surface area (Å²) in [4.78, 5) is 15.1. The summed E-state index contributed by atoms with van der Waals surface area (Å²) in [7, 11) is 0. The third-order valence-corrected chi connectivity index (χ3v) is 6.88. The summed E-state index contributed by atoms with van der Waals surface area (Å²) in [6, 6.07) is 4.59. The number of rotatable bonds is 1. The van der Waals surface area contributed by atoms with Crippen molar-refractivity contribution in [2.45, 2.75) is 89.9 Å². The first-order chi connectivity index (χ1) is 13.7. The minimum atomic E-state index is -0.151. The van der Waals surface area contributed by atoms with Gasteiger partial charge in [-0.3, -0.25) is 4.90 Å². The fourth-order valence-electron chi connectivity index (χ4n) is 5.99. The zero-order valence-electron chi connectivity index (χ0n) is 18.1. The lowest BCUT2D eigenvalue weighted by Gasteiger charge is -2.50. The van der Waals surface area contributed by atoms with Crippen LogP contribution in [0.4, 0.5) is 0 Å². The number of nitrogens with one attached hydrogen (secondary N) is 1. The van der Waals surface area contributed by atoms with E-state index >= 15 is 0 Å². The lowest BCUT2D eigenvalue weighted by atomic mass is 9.79. The average Bonchev–Trinajstić information content (AvgIpc) is 2.65. The van der Waals surface area contributed by atoms with Crippen molar-refractivity contribution in [2.24, 2.45) is 0 Å². The van der Waals surface area contributed by atoms with E-state index in [0.717, 1.165) is 72.9 Å². The van der Waals surface area contributed by atoms with E-state index in [2.05, 4.69) is 50.0 Å². The Bertz CT molecular complexity index is 1000. The molecule has 2 aromatic rings. The molecule has 0 spiro atoms. The van der Waals surface area contributed by atoms with Gasteiger partial charge >= 0.3 is 5.63 Å². The van der Waals surface area contributed by atoms with Crippen LogP contribution < -0.4 is 15.7 Å². The number of ether oxygens (including phenoxy) is 1. The van der Waals surface area contributed by atoms with Gasteiger partial charge in [-0.2, -0.15) is 0 Å². The van der Waals surface area contributed by atoms with Gasteiger partial charge in [0.1, 0.15) is 18.1 Å². The number of fused-ring (bicyclic) bond motifs is 5. The van der Waals surface area contributed by atoms with Crippen molar-refractivity contribution < 1.29 is 9.15 Å². The lowest BCUT2D eigenvalue weighted by Crippen LogP contribution is -2.62. The Morgan fingerprint density at radius 1 is 1.00 bits per heavy atom. The van der Waals surface area contributed by atoms with Crippen LogP contribution in [0.1, 0.15) is 70.1 Å². The van der Waals surface area contributed by atoms with Crippen molar-refractivity contribution in [1.29, 1.82) is 0 Å². The number of aryl methyl sites for hydroxylation is 1. The Kier molecular flexibility index (Phi) is 4.34. The molecule has 0 amide bonds. The zero-order valence-corrected chi connectivity index (χ0v) is 18.1. The molecule has 2 aliphatic heterocycles. The molecular weight excluding hydrogens is 364 g/mol. The summed E-state index contributed by atoms with van der Waals surface area (Å²) in [6.07, 6.45) is 6.17. The molecule has 0 radical (unpaired) electrons. The van der Waals surface area contributed by atoms with Gasteiger partial charge in [-0.25, -0.2) is 4.79 Å². The van der Waals surface area contributed by atoms with Crippen LogP contribution in [0.3, 0.4) is 0 Å². The molecule has 0 bridgehead atoms. The van der Waals surface area contributed by atoms with E-state index in [9.17, 15) is 4.79 Å². The Hall–Kier alpha value is -1.85. The first-order valence-electron chi connectivity index (χ1n) is 11.0. The van der Waals surface area contributed by atoms with Gasteiger partial charge in [-0.15, -0.1) is 0 Å². The van der Waals surface area contributed by atoms with Gasteiger partial charge in [0, 0.05) is 34.6 Å². The summed E-state index contributed by atoms with van der Waals surface area (Å²) in [5, 5.41) is 4.87. The van der Waals surface area contributed by atoms with Gasteiger partial charge in [0.05, 0.1) is 5.56 Å². The minimum Gasteiger partial charge on any atom is -0.478 e. The highest BCUT2D eigenvalue weighted by molar-refractivity contribution is 5.86. The fourth-order valence-corrected chi connectivity index (χ4v) is 5.99. The highest BCUT2D eigenvalue weighted by Gasteiger charge is 2.41. The third-order valence-electron chi connectivity index (χ3n) is 6.88. The van der Waals surface area contributed by atoms with Crippen LogP contribution in [0.2, 0.25) is 0 Å². The normalized spacial score (nSPS) is 24.0. The Labute approximate surface area is 172 Å². The fraction of sp³-hybridized carbons (Fsp3) is 0.625. The molecule has 1 N–H and O–H groups in total. The van der Waals surface area contributed by atoms with Gasteiger partial charge in [0.2, 0.25) is 0 Å². The molecule has 1 aromatic carbocycles. The number of nitrogens with zero attached hydrogens (tertiary/aromatic N) is 1. The van der Waals surface area contributed by atoms with E-state index in [1.54, 1.807) is 0 Å². The van der Waals surface area contributed by atoms with Crippen molar-refractivity contribution in [1.82, 2.24) is 10.2 Å². The summed E-state index contributed by atoms with van der Waals surface area (Å²) < 4.78 is 12.1. The van der Waals surface area contributed by atoms with Crippen molar-refractivity contribution in [2.75, 3.05) is 6.73 Å². The van der Waals surface area contributed by atoms with E-state index in [4.69, 9.17) is 9.15 Å². The Balaban J connectivity index is 1.54. The summed E-state index contributed by atoms with van der Waals surface area (Å²) >= 11 is 0. The monoisotopic (exact) mass is 396 g/mol. The lowest BCUT2D eigenvalue weighted by molar-refractivity contribution is 0.00316. The molecule has 3 heterocycles. The van der Waals surface area contributed by atoms with Crippen LogP contribution in [-0.4, -0.2) is 28.8 Å². The van der Waals surface area contributed by atoms with E-state index in [1.165, 1.54) is 5.56 Å². The highest BCUT2D eigenvalue weighted by atomic mass is 16.5. The Morgan fingerprint density at radius 2 is 1.69 bits per heavy atom. The van der Waals surface area contributed by atoms with Crippen LogP contribution in [0.5, 0.6) is 5.75 Å². The topological polar surface area (TPSA) is 54.7 Å². The molecule has 5 nitrogen and oxygen atoms in total. The second-order valence-corrected chi connectivity index (χ2v) is 10.4. The highest BCUT2D eigenvalue weighted by Crippen LogP contribution is 2.38.